The highest BCUT2D eigenvalue weighted by Crippen LogP contribution is 2.43. The van der Waals surface area contributed by atoms with Crippen molar-refractivity contribution in [1.29, 1.82) is 0 Å². The quantitative estimate of drug-likeness (QED) is 0.862. The van der Waals surface area contributed by atoms with Gasteiger partial charge < -0.3 is 0 Å². The second-order valence-corrected chi connectivity index (χ2v) is 6.68. The molecule has 0 bridgehead atoms. The second-order valence-electron chi connectivity index (χ2n) is 3.86. The summed E-state index contributed by atoms with van der Waals surface area (Å²) in [6, 6.07) is 5.78. The number of benzene rings is 1. The van der Waals surface area contributed by atoms with Gasteiger partial charge in [-0.15, -0.1) is 0 Å². The van der Waals surface area contributed by atoms with Crippen LogP contribution in [-0.2, 0) is 10.0 Å². The molecule has 3 nitrogen and oxygen atoms in total. The Kier molecular flexibility index (Phi) is 2.94. The highest BCUT2D eigenvalue weighted by atomic mass is 127. The molecule has 0 atom stereocenters. The van der Waals surface area contributed by atoms with Crippen LogP contribution >= 0.6 is 22.6 Å². The fraction of sp³-hybridized carbons (Fsp3) is 0.400. The SMILES string of the molecule is CS(=O)(=O)Nc1cccc(C2CC2)c1I. The van der Waals surface area contributed by atoms with E-state index in [1.165, 1.54) is 24.7 Å². The Morgan fingerprint density at radius 3 is 2.60 bits per heavy atom. The third-order valence-corrected chi connectivity index (χ3v) is 4.14. The van der Waals surface area contributed by atoms with Gasteiger partial charge in [-0.3, -0.25) is 4.72 Å². The van der Waals surface area contributed by atoms with E-state index in [-0.39, 0.29) is 0 Å². The molecule has 1 aromatic carbocycles. The topological polar surface area (TPSA) is 46.2 Å². The average molecular weight is 337 g/mol. The van der Waals surface area contributed by atoms with E-state index in [0.717, 1.165) is 3.57 Å². The predicted molar refractivity (Wildman–Crippen MR) is 69.6 cm³/mol. The molecule has 1 aromatic rings. The van der Waals surface area contributed by atoms with Crippen LogP contribution in [0.2, 0.25) is 0 Å². The molecule has 2 rings (SSSR count). The van der Waals surface area contributed by atoms with E-state index in [2.05, 4.69) is 33.4 Å². The van der Waals surface area contributed by atoms with Gasteiger partial charge in [0.15, 0.2) is 0 Å². The van der Waals surface area contributed by atoms with E-state index in [9.17, 15) is 8.42 Å². The summed E-state index contributed by atoms with van der Waals surface area (Å²) in [7, 11) is -3.18. The highest BCUT2D eigenvalue weighted by molar-refractivity contribution is 14.1. The summed E-state index contributed by atoms with van der Waals surface area (Å²) in [6.45, 7) is 0. The maximum atomic E-state index is 11.1. The zero-order valence-electron chi connectivity index (χ0n) is 8.33. The molecular weight excluding hydrogens is 325 g/mol. The molecule has 0 spiro atoms. The second kappa shape index (κ2) is 3.93. The number of halogens is 1. The molecule has 0 heterocycles. The van der Waals surface area contributed by atoms with Crippen LogP contribution in [0.5, 0.6) is 0 Å². The largest absolute Gasteiger partial charge is 0.283 e. The van der Waals surface area contributed by atoms with Crippen molar-refractivity contribution in [1.82, 2.24) is 0 Å². The molecule has 0 aromatic heterocycles. The lowest BCUT2D eigenvalue weighted by atomic mass is 10.1. The standard InChI is InChI=1S/C10H12INO2S/c1-15(13,14)12-9-4-2-3-8(10(9)11)7-5-6-7/h2-4,7,12H,5-6H2,1H3. The molecule has 0 amide bonds. The molecule has 15 heavy (non-hydrogen) atoms. The van der Waals surface area contributed by atoms with E-state index < -0.39 is 10.0 Å². The summed E-state index contributed by atoms with van der Waals surface area (Å²) in [4.78, 5) is 0. The molecule has 1 N–H and O–H groups in total. The van der Waals surface area contributed by atoms with Gasteiger partial charge in [-0.1, -0.05) is 12.1 Å². The Morgan fingerprint density at radius 1 is 1.40 bits per heavy atom. The summed E-state index contributed by atoms with van der Waals surface area (Å²) < 4.78 is 25.8. The molecule has 1 saturated carbocycles. The van der Waals surface area contributed by atoms with Crippen LogP contribution < -0.4 is 4.72 Å². The lowest BCUT2D eigenvalue weighted by molar-refractivity contribution is 0.607. The number of rotatable bonds is 3. The lowest BCUT2D eigenvalue weighted by Gasteiger charge is -2.09. The molecular formula is C10H12INO2S. The highest BCUT2D eigenvalue weighted by Gasteiger charge is 2.26. The molecule has 5 heteroatoms. The summed E-state index contributed by atoms with van der Waals surface area (Å²) in [5.41, 5.74) is 1.96. The summed E-state index contributed by atoms with van der Waals surface area (Å²) >= 11 is 2.21. The minimum atomic E-state index is -3.18. The van der Waals surface area contributed by atoms with E-state index in [1.807, 2.05) is 6.07 Å². The van der Waals surface area contributed by atoms with Crippen molar-refractivity contribution >= 4 is 38.3 Å². The van der Waals surface area contributed by atoms with Gasteiger partial charge in [-0.2, -0.15) is 0 Å². The fourth-order valence-electron chi connectivity index (χ4n) is 1.54. The van der Waals surface area contributed by atoms with Crippen molar-refractivity contribution in [2.45, 2.75) is 18.8 Å². The minimum Gasteiger partial charge on any atom is -0.283 e. The van der Waals surface area contributed by atoms with Gasteiger partial charge in [-0.25, -0.2) is 8.42 Å². The van der Waals surface area contributed by atoms with Crippen molar-refractivity contribution in [2.24, 2.45) is 0 Å². The lowest BCUT2D eigenvalue weighted by Crippen LogP contribution is -2.11. The maximum Gasteiger partial charge on any atom is 0.229 e. The van der Waals surface area contributed by atoms with Crippen LogP contribution in [0.3, 0.4) is 0 Å². The number of hydrogen-bond donors (Lipinski definition) is 1. The van der Waals surface area contributed by atoms with Crippen molar-refractivity contribution in [3.05, 3.63) is 27.3 Å². The van der Waals surface area contributed by atoms with E-state index >= 15 is 0 Å². The number of nitrogens with one attached hydrogen (secondary N) is 1. The molecule has 82 valence electrons. The zero-order chi connectivity index (χ0) is 11.1. The Bertz CT molecular complexity index is 480. The van der Waals surface area contributed by atoms with Gasteiger partial charge in [0, 0.05) is 3.57 Å². The predicted octanol–water partition coefficient (Wildman–Crippen LogP) is 2.54. The number of hydrogen-bond acceptors (Lipinski definition) is 2. The molecule has 0 saturated heterocycles. The first-order chi connectivity index (χ1) is 6.97. The van der Waals surface area contributed by atoms with E-state index in [4.69, 9.17) is 0 Å². The summed E-state index contributed by atoms with van der Waals surface area (Å²) in [5, 5.41) is 0. The smallest absolute Gasteiger partial charge is 0.229 e. The van der Waals surface area contributed by atoms with Crippen molar-refractivity contribution < 1.29 is 8.42 Å². The molecule has 0 unspecified atom stereocenters. The van der Waals surface area contributed by atoms with Gasteiger partial charge in [-0.05, 0) is 53.0 Å². The van der Waals surface area contributed by atoms with Gasteiger partial charge in [0.25, 0.3) is 0 Å². The van der Waals surface area contributed by atoms with Crippen LogP contribution in [0, 0.1) is 3.57 Å². The molecule has 1 aliphatic carbocycles. The third kappa shape index (κ3) is 2.84. The molecule has 0 radical (unpaired) electrons. The van der Waals surface area contributed by atoms with Crippen LogP contribution in [0.25, 0.3) is 0 Å². The Labute approximate surface area is 103 Å². The van der Waals surface area contributed by atoms with Crippen LogP contribution in [-0.4, -0.2) is 14.7 Å². The Hall–Kier alpha value is -0.300. The summed E-state index contributed by atoms with van der Waals surface area (Å²) in [6.07, 6.45) is 3.61. The van der Waals surface area contributed by atoms with Crippen LogP contribution in [0.15, 0.2) is 18.2 Å². The third-order valence-electron chi connectivity index (χ3n) is 2.34. The van der Waals surface area contributed by atoms with Gasteiger partial charge >= 0.3 is 0 Å². The van der Waals surface area contributed by atoms with Gasteiger partial charge in [0.05, 0.1) is 11.9 Å². The van der Waals surface area contributed by atoms with Gasteiger partial charge in [0.2, 0.25) is 10.0 Å². The normalized spacial score (nSPS) is 16.4. The van der Waals surface area contributed by atoms with Crippen molar-refractivity contribution in [3.8, 4) is 0 Å². The Balaban J connectivity index is 2.35. The number of anilines is 1. The summed E-state index contributed by atoms with van der Waals surface area (Å²) in [5.74, 6) is 0.637. The maximum absolute atomic E-state index is 11.1. The first kappa shape index (κ1) is 11.2. The zero-order valence-corrected chi connectivity index (χ0v) is 11.3. The van der Waals surface area contributed by atoms with Gasteiger partial charge in [0.1, 0.15) is 0 Å². The van der Waals surface area contributed by atoms with E-state index in [0.29, 0.717) is 11.6 Å². The Morgan fingerprint density at radius 2 is 2.07 bits per heavy atom. The first-order valence-corrected chi connectivity index (χ1v) is 7.70. The monoisotopic (exact) mass is 337 g/mol. The molecule has 0 aliphatic heterocycles. The minimum absolute atomic E-state index is 0.637. The van der Waals surface area contributed by atoms with Crippen LogP contribution in [0.4, 0.5) is 5.69 Å². The average Bonchev–Trinajstić information content (AvgIpc) is 2.89. The molecule has 1 aliphatic rings. The van der Waals surface area contributed by atoms with Crippen molar-refractivity contribution in [2.75, 3.05) is 11.0 Å². The number of sulfonamides is 1. The first-order valence-electron chi connectivity index (χ1n) is 4.73. The fourth-order valence-corrected chi connectivity index (χ4v) is 3.23. The molecule has 1 fully saturated rings. The van der Waals surface area contributed by atoms with E-state index in [1.54, 1.807) is 6.07 Å². The van der Waals surface area contributed by atoms with Crippen molar-refractivity contribution in [3.63, 3.8) is 0 Å². The van der Waals surface area contributed by atoms with Crippen LogP contribution in [0.1, 0.15) is 24.3 Å².